The van der Waals surface area contributed by atoms with Gasteiger partial charge in [-0.3, -0.25) is 9.89 Å². The van der Waals surface area contributed by atoms with Gasteiger partial charge in [0.1, 0.15) is 17.2 Å². The van der Waals surface area contributed by atoms with E-state index in [1.807, 2.05) is 24.3 Å². The van der Waals surface area contributed by atoms with Crippen molar-refractivity contribution < 1.29 is 14.6 Å². The van der Waals surface area contributed by atoms with Gasteiger partial charge < -0.3 is 9.84 Å². The van der Waals surface area contributed by atoms with Gasteiger partial charge in [0, 0.05) is 15.6 Å². The summed E-state index contributed by atoms with van der Waals surface area (Å²) in [7, 11) is 1.60. The Bertz CT molecular complexity index is 1000. The van der Waals surface area contributed by atoms with Gasteiger partial charge in [0.15, 0.2) is 0 Å². The minimum Gasteiger partial charge on any atom is -0.506 e. The summed E-state index contributed by atoms with van der Waals surface area (Å²) < 4.78 is 6.40. The first-order valence-electron chi connectivity index (χ1n) is 7.69. The molecule has 9 heteroatoms. The molecule has 0 aliphatic heterocycles. The molecule has 0 bridgehead atoms. The van der Waals surface area contributed by atoms with Crippen molar-refractivity contribution in [3.05, 3.63) is 62.7 Å². The van der Waals surface area contributed by atoms with Gasteiger partial charge in [-0.25, -0.2) is 5.43 Å². The Kier molecular flexibility index (Phi) is 5.92. The van der Waals surface area contributed by atoms with E-state index in [1.165, 1.54) is 6.21 Å². The maximum absolute atomic E-state index is 12.2. The number of carbonyl (C=O) groups excluding carboxylic acids is 1. The lowest BCUT2D eigenvalue weighted by atomic mass is 10.1. The number of hydrogen-bond donors (Lipinski definition) is 3. The molecule has 2 aromatic carbocycles. The number of nitrogens with one attached hydrogen (secondary N) is 2. The number of benzene rings is 2. The number of phenols is 1. The molecule has 0 spiro atoms. The lowest BCUT2D eigenvalue weighted by Gasteiger charge is -2.02. The van der Waals surface area contributed by atoms with Crippen LogP contribution in [-0.2, 0) is 0 Å². The second-order valence-corrected chi connectivity index (χ2v) is 7.19. The van der Waals surface area contributed by atoms with Gasteiger partial charge in [0.25, 0.3) is 5.91 Å². The summed E-state index contributed by atoms with van der Waals surface area (Å²) in [5, 5.41) is 20.7. The van der Waals surface area contributed by atoms with E-state index in [9.17, 15) is 9.90 Å². The minimum atomic E-state index is -0.452. The molecule has 0 saturated heterocycles. The first-order chi connectivity index (χ1) is 13.0. The maximum atomic E-state index is 12.2. The molecule has 0 atom stereocenters. The average Bonchev–Trinajstić information content (AvgIpc) is 3.16. The zero-order valence-electron chi connectivity index (χ0n) is 14.0. The molecule has 1 amide bonds. The van der Waals surface area contributed by atoms with Crippen LogP contribution in [0.4, 0.5) is 0 Å². The fourth-order valence-electron chi connectivity index (χ4n) is 2.25. The van der Waals surface area contributed by atoms with Crippen LogP contribution in [0, 0.1) is 0 Å². The highest BCUT2D eigenvalue weighted by Gasteiger charge is 2.11. The van der Waals surface area contributed by atoms with E-state index in [4.69, 9.17) is 4.74 Å². The summed E-state index contributed by atoms with van der Waals surface area (Å²) in [5.74, 6) is 0.315. The molecule has 3 N–H and O–H groups in total. The number of hydrogen-bond acceptors (Lipinski definition) is 5. The Morgan fingerprint density at radius 1 is 1.26 bits per heavy atom. The van der Waals surface area contributed by atoms with Crippen LogP contribution in [0.2, 0.25) is 0 Å². The van der Waals surface area contributed by atoms with E-state index in [2.05, 4.69) is 52.6 Å². The zero-order valence-corrected chi connectivity index (χ0v) is 17.2. The number of carbonyl (C=O) groups is 1. The molecule has 3 rings (SSSR count). The Labute approximate surface area is 171 Å². The molecule has 27 heavy (non-hydrogen) atoms. The summed E-state index contributed by atoms with van der Waals surface area (Å²) in [6.07, 6.45) is 1.35. The number of halogens is 2. The highest BCUT2D eigenvalue weighted by atomic mass is 79.9. The monoisotopic (exact) mass is 492 g/mol. The largest absolute Gasteiger partial charge is 0.506 e. The first-order valence-corrected chi connectivity index (χ1v) is 9.28. The van der Waals surface area contributed by atoms with Crippen molar-refractivity contribution in [2.24, 2.45) is 5.10 Å². The Balaban J connectivity index is 1.69. The molecule has 138 valence electrons. The first kappa shape index (κ1) is 19.1. The molecule has 0 aliphatic rings. The molecule has 0 radical (unpaired) electrons. The van der Waals surface area contributed by atoms with Crippen LogP contribution in [-0.4, -0.2) is 34.5 Å². The predicted octanol–water partition coefficient (Wildman–Crippen LogP) is 4.08. The predicted molar refractivity (Wildman–Crippen MR) is 109 cm³/mol. The Morgan fingerprint density at radius 3 is 2.70 bits per heavy atom. The number of hydrazone groups is 1. The van der Waals surface area contributed by atoms with Crippen LogP contribution in [0.15, 0.2) is 56.5 Å². The second kappa shape index (κ2) is 8.36. The molecule has 0 aliphatic carbocycles. The van der Waals surface area contributed by atoms with Crippen LogP contribution in [0.25, 0.3) is 11.3 Å². The van der Waals surface area contributed by atoms with Crippen LogP contribution >= 0.6 is 31.9 Å². The fourth-order valence-corrected chi connectivity index (χ4v) is 3.51. The number of aromatic nitrogens is 2. The fraction of sp³-hybridized carbons (Fsp3) is 0.0556. The van der Waals surface area contributed by atoms with Gasteiger partial charge >= 0.3 is 0 Å². The molecule has 1 aromatic heterocycles. The molecule has 1 heterocycles. The lowest BCUT2D eigenvalue weighted by molar-refractivity contribution is 0.0950. The van der Waals surface area contributed by atoms with Crippen molar-refractivity contribution in [1.29, 1.82) is 0 Å². The summed E-state index contributed by atoms with van der Waals surface area (Å²) in [6, 6.07) is 12.3. The van der Waals surface area contributed by atoms with Crippen molar-refractivity contribution in [1.82, 2.24) is 15.6 Å². The van der Waals surface area contributed by atoms with E-state index < -0.39 is 5.91 Å². The third-order valence-electron chi connectivity index (χ3n) is 3.64. The van der Waals surface area contributed by atoms with Crippen LogP contribution in [0.3, 0.4) is 0 Å². The Morgan fingerprint density at radius 2 is 2.00 bits per heavy atom. The van der Waals surface area contributed by atoms with Crippen LogP contribution in [0.5, 0.6) is 11.5 Å². The van der Waals surface area contributed by atoms with Crippen LogP contribution < -0.4 is 10.2 Å². The summed E-state index contributed by atoms with van der Waals surface area (Å²) in [4.78, 5) is 12.2. The molecule has 3 aromatic rings. The SMILES string of the molecule is COc1ccc(-c2cc(C(=O)N/N=C\c3cc(Br)cc(Br)c3O)[nH]n2)cc1. The van der Waals surface area contributed by atoms with Gasteiger partial charge in [0.2, 0.25) is 0 Å². The zero-order chi connectivity index (χ0) is 19.4. The number of ether oxygens (including phenoxy) is 1. The topological polar surface area (TPSA) is 99.6 Å². The van der Waals surface area contributed by atoms with Crippen molar-refractivity contribution in [3.8, 4) is 22.8 Å². The molecular formula is C18H14Br2N4O3. The smallest absolute Gasteiger partial charge is 0.289 e. The quantitative estimate of drug-likeness (QED) is 0.368. The third-order valence-corrected chi connectivity index (χ3v) is 4.70. The number of phenolic OH excluding ortho intramolecular Hbond substituents is 1. The van der Waals surface area contributed by atoms with Gasteiger partial charge in [-0.2, -0.15) is 10.2 Å². The molecule has 0 unspecified atom stereocenters. The minimum absolute atomic E-state index is 0.0273. The van der Waals surface area contributed by atoms with Crippen molar-refractivity contribution in [2.45, 2.75) is 0 Å². The van der Waals surface area contributed by atoms with E-state index in [0.717, 1.165) is 15.8 Å². The number of aromatic hydroxyl groups is 1. The Hall–Kier alpha value is -2.65. The molecular weight excluding hydrogens is 480 g/mol. The van der Waals surface area contributed by atoms with Gasteiger partial charge in [-0.15, -0.1) is 0 Å². The molecule has 0 saturated carbocycles. The number of methoxy groups -OCH3 is 1. The summed E-state index contributed by atoms with van der Waals surface area (Å²) in [6.45, 7) is 0. The molecule has 0 fully saturated rings. The number of amides is 1. The third kappa shape index (κ3) is 4.55. The highest BCUT2D eigenvalue weighted by molar-refractivity contribution is 9.11. The number of H-pyrrole nitrogens is 1. The van der Waals surface area contributed by atoms with Crippen LogP contribution in [0.1, 0.15) is 16.1 Å². The van der Waals surface area contributed by atoms with E-state index in [0.29, 0.717) is 15.7 Å². The summed E-state index contributed by atoms with van der Waals surface area (Å²) >= 11 is 6.57. The van der Waals surface area contributed by atoms with E-state index in [1.54, 1.807) is 25.3 Å². The lowest BCUT2D eigenvalue weighted by Crippen LogP contribution is -2.18. The maximum Gasteiger partial charge on any atom is 0.289 e. The van der Waals surface area contributed by atoms with Gasteiger partial charge in [-0.1, -0.05) is 15.9 Å². The second-order valence-electron chi connectivity index (χ2n) is 5.42. The van der Waals surface area contributed by atoms with E-state index >= 15 is 0 Å². The average molecular weight is 494 g/mol. The van der Waals surface area contributed by atoms with Gasteiger partial charge in [0.05, 0.1) is 23.5 Å². The van der Waals surface area contributed by atoms with Crippen molar-refractivity contribution in [2.75, 3.05) is 7.11 Å². The van der Waals surface area contributed by atoms with Gasteiger partial charge in [-0.05, 0) is 58.4 Å². The molecule has 7 nitrogen and oxygen atoms in total. The highest BCUT2D eigenvalue weighted by Crippen LogP contribution is 2.30. The number of aromatic amines is 1. The van der Waals surface area contributed by atoms with Crippen molar-refractivity contribution in [3.63, 3.8) is 0 Å². The standard InChI is InChI=1S/C18H14Br2N4O3/c1-27-13-4-2-10(3-5-13)15-8-16(23-22-15)18(26)24-21-9-11-6-12(19)7-14(20)17(11)25/h2-9,25H,1H3,(H,22,23)(H,24,26)/b21-9-. The summed E-state index contributed by atoms with van der Waals surface area (Å²) in [5.41, 5.74) is 4.57. The van der Waals surface area contributed by atoms with Crippen molar-refractivity contribution >= 4 is 44.0 Å². The van der Waals surface area contributed by atoms with E-state index in [-0.39, 0.29) is 11.4 Å². The normalized spacial score (nSPS) is 10.9. The number of rotatable bonds is 5. The number of nitrogens with zero attached hydrogens (tertiary/aromatic N) is 2.